The van der Waals surface area contributed by atoms with Gasteiger partial charge in [-0.2, -0.15) is 0 Å². The van der Waals surface area contributed by atoms with Gasteiger partial charge in [-0.25, -0.2) is 9.37 Å². The molecule has 1 aromatic carbocycles. The number of hydrogen-bond acceptors (Lipinski definition) is 3. The number of rotatable bonds is 2. The Kier molecular flexibility index (Phi) is 3.30. The predicted octanol–water partition coefficient (Wildman–Crippen LogP) is 3.52. The molecule has 5 heteroatoms. The Bertz CT molecular complexity index is 913. The van der Waals surface area contributed by atoms with E-state index in [0.717, 1.165) is 35.0 Å². The van der Waals surface area contributed by atoms with E-state index < -0.39 is 0 Å². The lowest BCUT2D eigenvalue weighted by atomic mass is 9.97. The number of hydrogen-bond donors (Lipinski definition) is 0. The lowest BCUT2D eigenvalue weighted by molar-refractivity contribution is 0.622. The highest BCUT2D eigenvalue weighted by atomic mass is 32.1. The van der Waals surface area contributed by atoms with Crippen LogP contribution in [0.4, 0.5) is 4.39 Å². The molecule has 0 saturated heterocycles. The summed E-state index contributed by atoms with van der Waals surface area (Å²) in [5.74, 6) is -0.285. The first-order valence-corrected chi connectivity index (χ1v) is 8.28. The van der Waals surface area contributed by atoms with Gasteiger partial charge in [-0.3, -0.25) is 9.36 Å². The van der Waals surface area contributed by atoms with Crippen molar-refractivity contribution in [3.63, 3.8) is 0 Å². The van der Waals surface area contributed by atoms with Gasteiger partial charge in [-0.05, 0) is 48.9 Å². The SMILES string of the molecule is O=c1c2c3c(sc2ncn1Cc1cccc(F)c1)CCCC3. The Labute approximate surface area is 131 Å². The van der Waals surface area contributed by atoms with Crippen LogP contribution in [0.15, 0.2) is 35.4 Å². The van der Waals surface area contributed by atoms with E-state index in [4.69, 9.17) is 0 Å². The predicted molar refractivity (Wildman–Crippen MR) is 86.0 cm³/mol. The third kappa shape index (κ3) is 2.25. The van der Waals surface area contributed by atoms with E-state index >= 15 is 0 Å². The van der Waals surface area contributed by atoms with E-state index in [1.807, 2.05) is 6.07 Å². The fraction of sp³-hybridized carbons (Fsp3) is 0.294. The van der Waals surface area contributed by atoms with Crippen molar-refractivity contribution in [2.75, 3.05) is 0 Å². The van der Waals surface area contributed by atoms with Gasteiger partial charge in [0.05, 0.1) is 18.3 Å². The Hall–Kier alpha value is -2.01. The van der Waals surface area contributed by atoms with Gasteiger partial charge in [0.25, 0.3) is 5.56 Å². The van der Waals surface area contributed by atoms with Gasteiger partial charge in [-0.15, -0.1) is 11.3 Å². The zero-order chi connectivity index (χ0) is 15.1. The van der Waals surface area contributed by atoms with Gasteiger partial charge in [-0.1, -0.05) is 12.1 Å². The normalized spacial score (nSPS) is 14.2. The molecule has 2 heterocycles. The second-order valence-electron chi connectivity index (χ2n) is 5.70. The molecule has 0 fully saturated rings. The molecule has 2 aromatic heterocycles. The number of fused-ring (bicyclic) bond motifs is 3. The molecule has 0 unspecified atom stereocenters. The smallest absolute Gasteiger partial charge is 0.262 e. The quantitative estimate of drug-likeness (QED) is 0.725. The molecule has 4 rings (SSSR count). The maximum absolute atomic E-state index is 13.3. The van der Waals surface area contributed by atoms with Crippen molar-refractivity contribution < 1.29 is 4.39 Å². The molecule has 1 aliphatic rings. The zero-order valence-electron chi connectivity index (χ0n) is 12.0. The van der Waals surface area contributed by atoms with Crippen molar-refractivity contribution >= 4 is 21.6 Å². The van der Waals surface area contributed by atoms with E-state index in [9.17, 15) is 9.18 Å². The van der Waals surface area contributed by atoms with Crippen LogP contribution in [0.1, 0.15) is 28.8 Å². The summed E-state index contributed by atoms with van der Waals surface area (Å²) in [5, 5.41) is 0.776. The lowest BCUT2D eigenvalue weighted by Crippen LogP contribution is -2.21. The molecular weight excluding hydrogens is 299 g/mol. The molecule has 1 aliphatic carbocycles. The summed E-state index contributed by atoms with van der Waals surface area (Å²) < 4.78 is 14.9. The minimum Gasteiger partial charge on any atom is -0.294 e. The molecule has 0 amide bonds. The van der Waals surface area contributed by atoms with Crippen molar-refractivity contribution in [3.05, 3.63) is 62.8 Å². The van der Waals surface area contributed by atoms with Gasteiger partial charge in [0, 0.05) is 4.88 Å². The lowest BCUT2D eigenvalue weighted by Gasteiger charge is -2.10. The highest BCUT2D eigenvalue weighted by Crippen LogP contribution is 2.33. The first-order valence-electron chi connectivity index (χ1n) is 7.46. The number of thiophene rings is 1. The van der Waals surface area contributed by atoms with E-state index in [2.05, 4.69) is 4.98 Å². The van der Waals surface area contributed by atoms with Crippen LogP contribution in [0.25, 0.3) is 10.2 Å². The topological polar surface area (TPSA) is 34.9 Å². The second kappa shape index (κ2) is 5.32. The average molecular weight is 314 g/mol. The summed E-state index contributed by atoms with van der Waals surface area (Å²) in [6, 6.07) is 6.35. The maximum Gasteiger partial charge on any atom is 0.262 e. The molecule has 112 valence electrons. The molecule has 0 atom stereocenters. The van der Waals surface area contributed by atoms with Gasteiger partial charge in [0.2, 0.25) is 0 Å². The molecule has 0 aliphatic heterocycles. The fourth-order valence-corrected chi connectivity index (χ4v) is 4.35. The van der Waals surface area contributed by atoms with Crippen molar-refractivity contribution in [1.82, 2.24) is 9.55 Å². The first-order chi connectivity index (χ1) is 10.7. The maximum atomic E-state index is 13.3. The van der Waals surface area contributed by atoms with Crippen molar-refractivity contribution in [2.24, 2.45) is 0 Å². The third-order valence-electron chi connectivity index (χ3n) is 4.18. The highest BCUT2D eigenvalue weighted by molar-refractivity contribution is 7.18. The Morgan fingerprint density at radius 1 is 1.27 bits per heavy atom. The molecular formula is C17H15FN2OS. The Balaban J connectivity index is 1.82. The van der Waals surface area contributed by atoms with Crippen molar-refractivity contribution in [1.29, 1.82) is 0 Å². The summed E-state index contributed by atoms with van der Waals surface area (Å²) in [7, 11) is 0. The molecule has 0 radical (unpaired) electrons. The van der Waals surface area contributed by atoms with Crippen LogP contribution in [0.2, 0.25) is 0 Å². The largest absolute Gasteiger partial charge is 0.294 e. The van der Waals surface area contributed by atoms with Crippen LogP contribution in [-0.4, -0.2) is 9.55 Å². The van der Waals surface area contributed by atoms with Gasteiger partial charge >= 0.3 is 0 Å². The standard InChI is InChI=1S/C17H15FN2OS/c18-12-5-3-4-11(8-12)9-20-10-19-16-15(17(20)21)13-6-1-2-7-14(13)22-16/h3-5,8,10H,1-2,6-7,9H2. The molecule has 0 N–H and O–H groups in total. The molecule has 3 nitrogen and oxygen atoms in total. The highest BCUT2D eigenvalue weighted by Gasteiger charge is 2.19. The number of aryl methyl sites for hydroxylation is 2. The number of benzene rings is 1. The Morgan fingerprint density at radius 3 is 3.00 bits per heavy atom. The summed E-state index contributed by atoms with van der Waals surface area (Å²) in [6.07, 6.45) is 5.93. The van der Waals surface area contributed by atoms with Crippen LogP contribution >= 0.6 is 11.3 Å². The van der Waals surface area contributed by atoms with Crippen LogP contribution < -0.4 is 5.56 Å². The number of halogens is 1. The van der Waals surface area contributed by atoms with Crippen LogP contribution in [0, 0.1) is 5.82 Å². The summed E-state index contributed by atoms with van der Waals surface area (Å²) in [6.45, 7) is 0.351. The van der Waals surface area contributed by atoms with Crippen LogP contribution in [-0.2, 0) is 19.4 Å². The number of nitrogens with zero attached hydrogens (tertiary/aromatic N) is 2. The van der Waals surface area contributed by atoms with Gasteiger partial charge in [0.15, 0.2) is 0 Å². The second-order valence-corrected chi connectivity index (χ2v) is 6.78. The third-order valence-corrected chi connectivity index (χ3v) is 5.38. The molecule has 22 heavy (non-hydrogen) atoms. The molecule has 3 aromatic rings. The first kappa shape index (κ1) is 13.6. The fourth-order valence-electron chi connectivity index (χ4n) is 3.13. The summed E-state index contributed by atoms with van der Waals surface area (Å²) in [4.78, 5) is 19.4. The molecule has 0 spiro atoms. The zero-order valence-corrected chi connectivity index (χ0v) is 12.8. The van der Waals surface area contributed by atoms with E-state index in [1.54, 1.807) is 28.3 Å². The minimum atomic E-state index is -0.285. The average Bonchev–Trinajstić information content (AvgIpc) is 2.89. The monoisotopic (exact) mass is 314 g/mol. The molecule has 0 saturated carbocycles. The minimum absolute atomic E-state index is 0.00587. The van der Waals surface area contributed by atoms with E-state index in [0.29, 0.717) is 6.54 Å². The summed E-state index contributed by atoms with van der Waals surface area (Å²) >= 11 is 1.65. The Morgan fingerprint density at radius 2 is 2.14 bits per heavy atom. The number of aromatic nitrogens is 2. The van der Waals surface area contributed by atoms with Gasteiger partial charge < -0.3 is 0 Å². The summed E-state index contributed by atoms with van der Waals surface area (Å²) in [5.41, 5.74) is 1.96. The van der Waals surface area contributed by atoms with Crippen LogP contribution in [0.5, 0.6) is 0 Å². The van der Waals surface area contributed by atoms with Gasteiger partial charge in [0.1, 0.15) is 10.6 Å². The van der Waals surface area contributed by atoms with E-state index in [1.165, 1.54) is 29.0 Å². The van der Waals surface area contributed by atoms with Crippen molar-refractivity contribution in [2.45, 2.75) is 32.2 Å². The van der Waals surface area contributed by atoms with E-state index in [-0.39, 0.29) is 11.4 Å². The molecule has 0 bridgehead atoms. The van der Waals surface area contributed by atoms with Crippen LogP contribution in [0.3, 0.4) is 0 Å². The van der Waals surface area contributed by atoms with Crippen molar-refractivity contribution in [3.8, 4) is 0 Å².